The quantitative estimate of drug-likeness (QED) is 0.691. The van der Waals surface area contributed by atoms with Crippen LogP contribution in [0.25, 0.3) is 0 Å². The van der Waals surface area contributed by atoms with E-state index in [4.69, 9.17) is 9.47 Å². The van der Waals surface area contributed by atoms with Crippen molar-refractivity contribution in [1.29, 1.82) is 0 Å². The minimum absolute atomic E-state index is 0.0975. The Morgan fingerprint density at radius 2 is 2.00 bits per heavy atom. The Balaban J connectivity index is 1.77. The number of rotatable bonds is 7. The van der Waals surface area contributed by atoms with Crippen LogP contribution in [0.2, 0.25) is 0 Å². The van der Waals surface area contributed by atoms with Gasteiger partial charge >= 0.3 is 0 Å². The second-order valence-electron chi connectivity index (χ2n) is 6.58. The van der Waals surface area contributed by atoms with Crippen molar-refractivity contribution in [2.45, 2.75) is 41.9 Å². The molecule has 0 saturated heterocycles. The molecule has 7 nitrogen and oxygen atoms in total. The molecule has 156 valence electrons. The van der Waals surface area contributed by atoms with Crippen molar-refractivity contribution in [2.24, 2.45) is 0 Å². The van der Waals surface area contributed by atoms with Crippen molar-refractivity contribution in [3.63, 3.8) is 0 Å². The highest BCUT2D eigenvalue weighted by Crippen LogP contribution is 2.36. The van der Waals surface area contributed by atoms with Crippen LogP contribution in [-0.2, 0) is 21.4 Å². The van der Waals surface area contributed by atoms with E-state index in [1.807, 2.05) is 13.8 Å². The number of carbonyl (C=O) groups excluding carboxylic acids is 1. The molecule has 9 heteroatoms. The third-order valence-electron chi connectivity index (χ3n) is 4.33. The van der Waals surface area contributed by atoms with E-state index in [1.165, 1.54) is 13.2 Å². The molecule has 2 aromatic carbocycles. The van der Waals surface area contributed by atoms with Gasteiger partial charge in [-0.1, -0.05) is 13.0 Å². The predicted octanol–water partition coefficient (Wildman–Crippen LogP) is 3.40. The summed E-state index contributed by atoms with van der Waals surface area (Å²) >= 11 is 1.55. The zero-order valence-electron chi connectivity index (χ0n) is 16.5. The van der Waals surface area contributed by atoms with E-state index < -0.39 is 10.0 Å². The number of fused-ring (bicyclic) bond motifs is 1. The zero-order chi connectivity index (χ0) is 21.0. The number of sulfonamides is 1. The van der Waals surface area contributed by atoms with Crippen molar-refractivity contribution in [2.75, 3.05) is 19.0 Å². The van der Waals surface area contributed by atoms with Crippen molar-refractivity contribution in [1.82, 2.24) is 4.72 Å². The summed E-state index contributed by atoms with van der Waals surface area (Å²) in [5.74, 6) is 1.03. The van der Waals surface area contributed by atoms with E-state index in [1.54, 1.807) is 42.1 Å². The second-order valence-corrected chi connectivity index (χ2v) is 9.83. The molecular weight excluding hydrogens is 412 g/mol. The van der Waals surface area contributed by atoms with Crippen LogP contribution in [-0.4, -0.2) is 33.3 Å². The molecule has 0 aliphatic carbocycles. The zero-order valence-corrected chi connectivity index (χ0v) is 18.2. The Hall–Kier alpha value is -2.23. The molecule has 0 aromatic heterocycles. The first-order valence-electron chi connectivity index (χ1n) is 9.22. The molecule has 0 saturated carbocycles. The molecule has 0 bridgehead atoms. The number of amides is 1. The predicted molar refractivity (Wildman–Crippen MR) is 113 cm³/mol. The van der Waals surface area contributed by atoms with Gasteiger partial charge in [-0.25, -0.2) is 13.1 Å². The summed E-state index contributed by atoms with van der Waals surface area (Å²) in [6.45, 7) is 4.45. The average molecular weight is 437 g/mol. The highest BCUT2D eigenvalue weighted by Gasteiger charge is 2.22. The van der Waals surface area contributed by atoms with Gasteiger partial charge in [-0.15, -0.1) is 11.8 Å². The highest BCUT2D eigenvalue weighted by atomic mass is 32.2. The van der Waals surface area contributed by atoms with Gasteiger partial charge in [0.25, 0.3) is 0 Å². The molecule has 3 rings (SSSR count). The molecule has 2 aromatic rings. The number of ether oxygens (including phenoxy) is 2. The number of benzene rings is 2. The molecular formula is C20H24N2O5S2. The lowest BCUT2D eigenvalue weighted by molar-refractivity contribution is -0.116. The monoisotopic (exact) mass is 436 g/mol. The van der Waals surface area contributed by atoms with Gasteiger partial charge < -0.3 is 14.8 Å². The van der Waals surface area contributed by atoms with Gasteiger partial charge in [-0.2, -0.15) is 0 Å². The van der Waals surface area contributed by atoms with Gasteiger partial charge in [-0.05, 0) is 42.8 Å². The number of thioether (sulfide) groups is 1. The van der Waals surface area contributed by atoms with Crippen LogP contribution < -0.4 is 19.5 Å². The fourth-order valence-electron chi connectivity index (χ4n) is 2.96. The third kappa shape index (κ3) is 5.23. The maximum Gasteiger partial charge on any atom is 0.240 e. The van der Waals surface area contributed by atoms with E-state index >= 15 is 0 Å². The van der Waals surface area contributed by atoms with E-state index in [-0.39, 0.29) is 22.6 Å². The molecule has 1 aliphatic heterocycles. The first-order valence-corrected chi connectivity index (χ1v) is 11.6. The first kappa shape index (κ1) is 21.5. The Morgan fingerprint density at radius 3 is 2.72 bits per heavy atom. The summed E-state index contributed by atoms with van der Waals surface area (Å²) in [4.78, 5) is 12.9. The average Bonchev–Trinajstić information content (AvgIpc) is 2.82. The summed E-state index contributed by atoms with van der Waals surface area (Å²) in [7, 11) is -2.22. The SMILES string of the molecule is CCOc1ccc(CNS(=O)(=O)c2ccc3c(c2)NC(=O)C[C@@H](C)S3)cc1OC. The van der Waals surface area contributed by atoms with Crippen LogP contribution in [0.15, 0.2) is 46.2 Å². The Morgan fingerprint density at radius 1 is 1.21 bits per heavy atom. The lowest BCUT2D eigenvalue weighted by Crippen LogP contribution is -2.23. The third-order valence-corrected chi connectivity index (χ3v) is 6.91. The summed E-state index contributed by atoms with van der Waals surface area (Å²) < 4.78 is 38.9. The molecule has 0 fully saturated rings. The van der Waals surface area contributed by atoms with E-state index in [9.17, 15) is 13.2 Å². The normalized spacial score (nSPS) is 16.5. The van der Waals surface area contributed by atoms with Gasteiger partial charge in [-0.3, -0.25) is 4.79 Å². The lowest BCUT2D eigenvalue weighted by atomic mass is 10.2. The van der Waals surface area contributed by atoms with Crippen molar-refractivity contribution < 1.29 is 22.7 Å². The van der Waals surface area contributed by atoms with E-state index in [2.05, 4.69) is 10.0 Å². The largest absolute Gasteiger partial charge is 0.493 e. The summed E-state index contributed by atoms with van der Waals surface area (Å²) in [5.41, 5.74) is 1.26. The number of hydrogen-bond donors (Lipinski definition) is 2. The van der Waals surface area contributed by atoms with Crippen LogP contribution in [0.5, 0.6) is 11.5 Å². The van der Waals surface area contributed by atoms with Crippen LogP contribution in [0.4, 0.5) is 5.69 Å². The Labute approximate surface area is 175 Å². The molecule has 0 unspecified atom stereocenters. The van der Waals surface area contributed by atoms with Gasteiger partial charge in [0.05, 0.1) is 24.3 Å². The lowest BCUT2D eigenvalue weighted by Gasteiger charge is -2.13. The van der Waals surface area contributed by atoms with Crippen LogP contribution in [0.1, 0.15) is 25.8 Å². The van der Waals surface area contributed by atoms with Gasteiger partial charge in [0.15, 0.2) is 11.5 Å². The summed E-state index contributed by atoms with van der Waals surface area (Å²) in [6.07, 6.45) is 0.388. The smallest absolute Gasteiger partial charge is 0.240 e. The number of anilines is 1. The van der Waals surface area contributed by atoms with Crippen LogP contribution in [0.3, 0.4) is 0 Å². The summed E-state index contributed by atoms with van der Waals surface area (Å²) in [6, 6.07) is 10.1. The van der Waals surface area contributed by atoms with Crippen molar-refractivity contribution >= 4 is 33.4 Å². The minimum Gasteiger partial charge on any atom is -0.493 e. The standard InChI is InChI=1S/C20H24N2O5S2/c1-4-27-17-7-5-14(10-18(17)26-3)12-21-29(24,25)15-6-8-19-16(11-15)22-20(23)9-13(2)28-19/h5-8,10-11,13,21H,4,9,12H2,1-3H3,(H,22,23)/t13-/m1/s1. The number of nitrogens with one attached hydrogen (secondary N) is 2. The maximum atomic E-state index is 12.8. The van der Waals surface area contributed by atoms with Crippen LogP contribution >= 0.6 is 11.8 Å². The van der Waals surface area contributed by atoms with E-state index in [0.29, 0.717) is 30.2 Å². The fourth-order valence-corrected chi connectivity index (χ4v) is 5.05. The Kier molecular flexibility index (Phi) is 6.71. The maximum absolute atomic E-state index is 12.8. The Bertz CT molecular complexity index is 1010. The van der Waals surface area contributed by atoms with Crippen molar-refractivity contribution in [3.05, 3.63) is 42.0 Å². The van der Waals surface area contributed by atoms with Gasteiger partial charge in [0.2, 0.25) is 15.9 Å². The van der Waals surface area contributed by atoms with Gasteiger partial charge in [0.1, 0.15) is 0 Å². The number of methoxy groups -OCH3 is 1. The van der Waals surface area contributed by atoms with E-state index in [0.717, 1.165) is 10.5 Å². The molecule has 1 aliphatic rings. The van der Waals surface area contributed by atoms with Gasteiger partial charge in [0, 0.05) is 23.1 Å². The molecule has 1 atom stereocenters. The molecule has 1 heterocycles. The number of carbonyl (C=O) groups is 1. The molecule has 0 radical (unpaired) electrons. The molecule has 1 amide bonds. The summed E-state index contributed by atoms with van der Waals surface area (Å²) in [5, 5.41) is 2.92. The molecule has 0 spiro atoms. The second kappa shape index (κ2) is 9.06. The van der Waals surface area contributed by atoms with Crippen LogP contribution in [0, 0.1) is 0 Å². The molecule has 2 N–H and O–H groups in total. The molecule has 29 heavy (non-hydrogen) atoms. The van der Waals surface area contributed by atoms with Crippen molar-refractivity contribution in [3.8, 4) is 11.5 Å². The highest BCUT2D eigenvalue weighted by molar-refractivity contribution is 8.00. The topological polar surface area (TPSA) is 93.7 Å². The minimum atomic E-state index is -3.76. The fraction of sp³-hybridized carbons (Fsp3) is 0.350. The number of hydrogen-bond acceptors (Lipinski definition) is 6. The first-order chi connectivity index (χ1) is 13.8.